The quantitative estimate of drug-likeness (QED) is 0.240. The molecule has 11 heteroatoms. The highest BCUT2D eigenvalue weighted by atomic mass is 16.7. The molecule has 2 fully saturated rings. The molecular formula is C13H25NO10. The van der Waals surface area contributed by atoms with Gasteiger partial charge in [-0.1, -0.05) is 0 Å². The molecule has 0 spiro atoms. The molecule has 2 aliphatic rings. The lowest BCUT2D eigenvalue weighted by atomic mass is 9.88. The number of aliphatic hydroxyl groups excluding tert-OH is 6. The van der Waals surface area contributed by atoms with Crippen LogP contribution in [0.1, 0.15) is 6.92 Å². The topological polar surface area (TPSA) is 195 Å². The van der Waals surface area contributed by atoms with Crippen LogP contribution in [0, 0.1) is 0 Å². The normalized spacial score (nSPS) is 53.1. The van der Waals surface area contributed by atoms with Crippen molar-refractivity contribution in [2.75, 3.05) is 13.2 Å². The van der Waals surface area contributed by atoms with Gasteiger partial charge >= 0.3 is 0 Å². The van der Waals surface area contributed by atoms with Crippen LogP contribution >= 0.6 is 0 Å². The number of hydrogen-bond acceptors (Lipinski definition) is 11. The summed E-state index contributed by atoms with van der Waals surface area (Å²) in [6.07, 6.45) is -11.6. The molecule has 24 heavy (non-hydrogen) atoms. The first-order valence-corrected chi connectivity index (χ1v) is 7.53. The Morgan fingerprint density at radius 1 is 1.00 bits per heavy atom. The molecule has 2 saturated heterocycles. The fourth-order valence-corrected chi connectivity index (χ4v) is 2.80. The zero-order valence-corrected chi connectivity index (χ0v) is 13.0. The second-order valence-electron chi connectivity index (χ2n) is 6.27. The molecule has 2 aliphatic heterocycles. The van der Waals surface area contributed by atoms with E-state index in [4.69, 9.17) is 19.9 Å². The summed E-state index contributed by atoms with van der Waals surface area (Å²) in [6, 6.07) is -1.24. The van der Waals surface area contributed by atoms with Crippen LogP contribution in [-0.2, 0) is 14.2 Å². The average molecular weight is 355 g/mol. The van der Waals surface area contributed by atoms with E-state index in [9.17, 15) is 35.7 Å². The van der Waals surface area contributed by atoms with Crippen molar-refractivity contribution in [2.45, 2.75) is 67.8 Å². The van der Waals surface area contributed by atoms with E-state index in [0.29, 0.717) is 0 Å². The van der Waals surface area contributed by atoms with Crippen molar-refractivity contribution in [3.8, 4) is 0 Å². The number of hydrogen-bond donors (Lipinski definition) is 8. The fourth-order valence-electron chi connectivity index (χ4n) is 2.80. The van der Waals surface area contributed by atoms with Crippen LogP contribution in [-0.4, -0.2) is 110 Å². The van der Waals surface area contributed by atoms with Crippen LogP contribution in [0.25, 0.3) is 0 Å². The van der Waals surface area contributed by atoms with Crippen molar-refractivity contribution in [3.05, 3.63) is 0 Å². The van der Waals surface area contributed by atoms with Crippen LogP contribution in [0.15, 0.2) is 0 Å². The Bertz CT molecular complexity index is 422. The van der Waals surface area contributed by atoms with Gasteiger partial charge in [-0.2, -0.15) is 0 Å². The van der Waals surface area contributed by atoms with Gasteiger partial charge in [0, 0.05) is 0 Å². The van der Waals surface area contributed by atoms with Gasteiger partial charge in [0.15, 0.2) is 12.6 Å². The lowest BCUT2D eigenvalue weighted by Crippen LogP contribution is -2.69. The van der Waals surface area contributed by atoms with Crippen molar-refractivity contribution < 1.29 is 50.0 Å². The molecule has 2 rings (SSSR count). The van der Waals surface area contributed by atoms with Crippen LogP contribution in [0.5, 0.6) is 0 Å². The third-order valence-corrected chi connectivity index (χ3v) is 4.46. The number of ether oxygens (including phenoxy) is 3. The first-order valence-electron chi connectivity index (χ1n) is 7.53. The Hall–Kier alpha value is -0.440. The molecular weight excluding hydrogens is 330 g/mol. The number of nitrogens with two attached hydrogens (primary N) is 1. The van der Waals surface area contributed by atoms with Crippen LogP contribution in [0.2, 0.25) is 0 Å². The molecule has 11 nitrogen and oxygen atoms in total. The van der Waals surface area contributed by atoms with E-state index in [2.05, 4.69) is 0 Å². The third kappa shape index (κ3) is 3.43. The van der Waals surface area contributed by atoms with Gasteiger partial charge < -0.3 is 55.7 Å². The second-order valence-corrected chi connectivity index (χ2v) is 6.27. The van der Waals surface area contributed by atoms with Crippen molar-refractivity contribution in [3.63, 3.8) is 0 Å². The van der Waals surface area contributed by atoms with E-state index in [-0.39, 0.29) is 0 Å². The van der Waals surface area contributed by atoms with Gasteiger partial charge in [-0.25, -0.2) is 0 Å². The summed E-state index contributed by atoms with van der Waals surface area (Å²) in [5.74, 6) is 0. The molecule has 0 bridgehead atoms. The van der Waals surface area contributed by atoms with Crippen molar-refractivity contribution >= 4 is 0 Å². The summed E-state index contributed by atoms with van der Waals surface area (Å²) in [6.45, 7) is -0.146. The van der Waals surface area contributed by atoms with Crippen molar-refractivity contribution in [1.29, 1.82) is 0 Å². The first kappa shape index (κ1) is 19.9. The minimum Gasteiger partial charge on any atom is -0.394 e. The van der Waals surface area contributed by atoms with E-state index in [0.717, 1.165) is 6.92 Å². The predicted octanol–water partition coefficient (Wildman–Crippen LogP) is -5.04. The molecule has 0 aliphatic carbocycles. The molecule has 0 radical (unpaired) electrons. The van der Waals surface area contributed by atoms with Crippen LogP contribution in [0.3, 0.4) is 0 Å². The van der Waals surface area contributed by atoms with Gasteiger partial charge in [0.2, 0.25) is 0 Å². The zero-order valence-electron chi connectivity index (χ0n) is 13.0. The van der Waals surface area contributed by atoms with Crippen molar-refractivity contribution in [2.24, 2.45) is 5.73 Å². The Balaban J connectivity index is 2.20. The highest BCUT2D eigenvalue weighted by molar-refractivity contribution is 5.00. The number of rotatable bonds is 4. The highest BCUT2D eigenvalue weighted by Gasteiger charge is 2.55. The molecule has 2 heterocycles. The smallest absolute Gasteiger partial charge is 0.189 e. The van der Waals surface area contributed by atoms with Gasteiger partial charge in [-0.15, -0.1) is 0 Å². The standard InChI is InChI=1S/C13H25NO10/c1-13(21)10(19)7(17)4(2-15)23-12(13)24-9-5(3-16)22-11(20)6(14)8(9)18/h4-12,15-21H,2-3,14H2,1H3/t4-,5-,6-,7+,8-,9-,10+,11?,12+,13-/m1/s1. The van der Waals surface area contributed by atoms with Crippen LogP contribution in [0.4, 0.5) is 0 Å². The van der Waals surface area contributed by atoms with Crippen molar-refractivity contribution in [1.82, 2.24) is 0 Å². The fraction of sp³-hybridized carbons (Fsp3) is 1.00. The average Bonchev–Trinajstić information content (AvgIpc) is 2.55. The second kappa shape index (κ2) is 7.43. The summed E-state index contributed by atoms with van der Waals surface area (Å²) in [4.78, 5) is 0. The number of aliphatic hydroxyl groups is 7. The van der Waals surface area contributed by atoms with Gasteiger partial charge in [-0.3, -0.25) is 0 Å². The Kier molecular flexibility index (Phi) is 6.16. The minimum atomic E-state index is -2.09. The van der Waals surface area contributed by atoms with Crippen LogP contribution < -0.4 is 5.73 Å². The Morgan fingerprint density at radius 3 is 2.12 bits per heavy atom. The molecule has 0 aromatic carbocycles. The lowest BCUT2D eigenvalue weighted by Gasteiger charge is -2.49. The van der Waals surface area contributed by atoms with E-state index in [1.807, 2.05) is 0 Å². The lowest BCUT2D eigenvalue weighted by molar-refractivity contribution is -0.368. The van der Waals surface area contributed by atoms with E-state index in [1.54, 1.807) is 0 Å². The van der Waals surface area contributed by atoms with E-state index < -0.39 is 74.1 Å². The maximum atomic E-state index is 10.4. The molecule has 1 unspecified atom stereocenters. The van der Waals surface area contributed by atoms with E-state index >= 15 is 0 Å². The SMILES string of the molecule is C[C@]1(O)[C@H](O[C@H]2[C@H](O)[C@@H](N)C(O)O[C@@H]2CO)O[C@H](CO)[C@H](O)[C@@H]1O. The monoisotopic (exact) mass is 355 g/mol. The largest absolute Gasteiger partial charge is 0.394 e. The summed E-state index contributed by atoms with van der Waals surface area (Å²) in [5.41, 5.74) is 3.49. The molecule has 9 N–H and O–H groups in total. The molecule has 142 valence electrons. The van der Waals surface area contributed by atoms with Gasteiger partial charge in [0.05, 0.1) is 19.3 Å². The summed E-state index contributed by atoms with van der Waals surface area (Å²) in [7, 11) is 0. The summed E-state index contributed by atoms with van der Waals surface area (Å²) < 4.78 is 15.7. The molecule has 0 saturated carbocycles. The summed E-state index contributed by atoms with van der Waals surface area (Å²) in [5, 5.41) is 68.4. The van der Waals surface area contributed by atoms with Gasteiger partial charge in [0.1, 0.15) is 42.2 Å². The van der Waals surface area contributed by atoms with Gasteiger partial charge in [-0.05, 0) is 6.92 Å². The zero-order chi connectivity index (χ0) is 18.2. The molecule has 0 amide bonds. The maximum absolute atomic E-state index is 10.4. The third-order valence-electron chi connectivity index (χ3n) is 4.46. The van der Waals surface area contributed by atoms with E-state index in [1.165, 1.54) is 0 Å². The molecule has 10 atom stereocenters. The first-order chi connectivity index (χ1) is 11.1. The van der Waals surface area contributed by atoms with Gasteiger partial charge in [0.25, 0.3) is 0 Å². The minimum absolute atomic E-state index is 0.630. The Labute approximate surface area is 137 Å². The molecule has 0 aromatic rings. The Morgan fingerprint density at radius 2 is 1.58 bits per heavy atom. The summed E-state index contributed by atoms with van der Waals surface area (Å²) >= 11 is 0. The predicted molar refractivity (Wildman–Crippen MR) is 75.2 cm³/mol. The molecule has 0 aromatic heterocycles. The highest BCUT2D eigenvalue weighted by Crippen LogP contribution is 2.33. The maximum Gasteiger partial charge on any atom is 0.189 e.